The van der Waals surface area contributed by atoms with Gasteiger partial charge in [0, 0.05) is 32.6 Å². The molecule has 0 aliphatic carbocycles. The van der Waals surface area contributed by atoms with Crippen LogP contribution in [0, 0.1) is 5.92 Å². The summed E-state index contributed by atoms with van der Waals surface area (Å²) in [6, 6.07) is 20.3. The largest absolute Gasteiger partial charge is 0.494 e. The molecule has 5 heteroatoms. The number of benzene rings is 2. The first-order valence-electron chi connectivity index (χ1n) is 10.1. The minimum Gasteiger partial charge on any atom is -0.494 e. The summed E-state index contributed by atoms with van der Waals surface area (Å²) >= 11 is 0. The van der Waals surface area contributed by atoms with E-state index in [2.05, 4.69) is 39.5 Å². The highest BCUT2D eigenvalue weighted by molar-refractivity contribution is 5.80. The lowest BCUT2D eigenvalue weighted by molar-refractivity contribution is 0.0906. The first-order valence-corrected chi connectivity index (χ1v) is 10.1. The normalized spacial score (nSPS) is 17.0. The molecule has 1 unspecified atom stereocenters. The highest BCUT2D eigenvalue weighted by atomic mass is 16.5. The number of guanidine groups is 1. The molecule has 1 fully saturated rings. The minimum absolute atomic E-state index is 0.559. The van der Waals surface area contributed by atoms with E-state index in [0.29, 0.717) is 19.1 Å². The highest BCUT2D eigenvalue weighted by Crippen LogP contribution is 2.17. The number of aliphatic imine (C=N–C) groups is 1. The first-order chi connectivity index (χ1) is 13.8. The molecule has 0 saturated carbocycles. The van der Waals surface area contributed by atoms with Crippen molar-refractivity contribution in [1.82, 2.24) is 10.2 Å². The molecule has 0 bridgehead atoms. The smallest absolute Gasteiger partial charge is 0.193 e. The van der Waals surface area contributed by atoms with E-state index in [9.17, 15) is 0 Å². The van der Waals surface area contributed by atoms with Crippen LogP contribution >= 0.6 is 0 Å². The molecule has 2 aromatic carbocycles. The van der Waals surface area contributed by atoms with E-state index in [0.717, 1.165) is 50.8 Å². The van der Waals surface area contributed by atoms with Gasteiger partial charge in [0.25, 0.3) is 0 Å². The van der Waals surface area contributed by atoms with Crippen LogP contribution in [-0.4, -0.2) is 50.8 Å². The molecule has 1 aliphatic heterocycles. The second-order valence-corrected chi connectivity index (χ2v) is 7.09. The summed E-state index contributed by atoms with van der Waals surface area (Å²) in [5.41, 5.74) is 1.23. The van der Waals surface area contributed by atoms with Gasteiger partial charge in [0.15, 0.2) is 5.96 Å². The van der Waals surface area contributed by atoms with Crippen molar-refractivity contribution in [3.8, 4) is 5.75 Å². The van der Waals surface area contributed by atoms with Gasteiger partial charge in [0.1, 0.15) is 5.75 Å². The summed E-state index contributed by atoms with van der Waals surface area (Å²) in [5.74, 6) is 2.46. The van der Waals surface area contributed by atoms with Crippen molar-refractivity contribution in [2.24, 2.45) is 10.9 Å². The number of nitrogens with zero attached hydrogens (tertiary/aromatic N) is 2. The van der Waals surface area contributed by atoms with Crippen LogP contribution in [0.3, 0.4) is 0 Å². The van der Waals surface area contributed by atoms with Crippen LogP contribution in [-0.2, 0) is 11.3 Å². The molecule has 28 heavy (non-hydrogen) atoms. The molecule has 2 aromatic rings. The number of hydrogen-bond acceptors (Lipinski definition) is 3. The molecular weight excluding hydrogens is 350 g/mol. The lowest BCUT2D eigenvalue weighted by Crippen LogP contribution is -2.40. The summed E-state index contributed by atoms with van der Waals surface area (Å²) < 4.78 is 11.7. The van der Waals surface area contributed by atoms with Gasteiger partial charge in [-0.05, 0) is 30.5 Å². The summed E-state index contributed by atoms with van der Waals surface area (Å²) in [5, 5.41) is 3.46. The Bertz CT molecular complexity index is 706. The average Bonchev–Trinajstić information content (AvgIpc) is 3.21. The van der Waals surface area contributed by atoms with Crippen molar-refractivity contribution in [1.29, 1.82) is 0 Å². The summed E-state index contributed by atoms with van der Waals surface area (Å²) in [4.78, 5) is 6.77. The highest BCUT2D eigenvalue weighted by Gasteiger charge is 2.24. The number of nitrogens with one attached hydrogen (secondary N) is 1. The van der Waals surface area contributed by atoms with Crippen molar-refractivity contribution in [2.75, 3.05) is 39.9 Å². The fourth-order valence-corrected chi connectivity index (χ4v) is 3.39. The van der Waals surface area contributed by atoms with E-state index in [-0.39, 0.29) is 0 Å². The lowest BCUT2D eigenvalue weighted by atomic mass is 10.1. The Morgan fingerprint density at radius 3 is 2.61 bits per heavy atom. The Labute approximate surface area is 168 Å². The van der Waals surface area contributed by atoms with Gasteiger partial charge in [-0.2, -0.15) is 0 Å². The zero-order valence-corrected chi connectivity index (χ0v) is 16.7. The SMILES string of the molecule is CN=C(NCCCOc1ccccc1)N1CCC(COCc2ccccc2)C1. The van der Waals surface area contributed by atoms with Crippen molar-refractivity contribution in [3.05, 3.63) is 66.2 Å². The predicted octanol–water partition coefficient (Wildman–Crippen LogP) is 3.57. The van der Waals surface area contributed by atoms with Crippen LogP contribution in [0.15, 0.2) is 65.7 Å². The molecule has 150 valence electrons. The van der Waals surface area contributed by atoms with Gasteiger partial charge >= 0.3 is 0 Å². The standard InChI is InChI=1S/C23H31N3O2/c1-24-23(25-14-8-16-28-22-11-6-3-7-12-22)26-15-13-21(17-26)19-27-18-20-9-4-2-5-10-20/h2-7,9-12,21H,8,13-19H2,1H3,(H,24,25). The van der Waals surface area contributed by atoms with Crippen molar-refractivity contribution < 1.29 is 9.47 Å². The van der Waals surface area contributed by atoms with Crippen molar-refractivity contribution >= 4 is 5.96 Å². The van der Waals surface area contributed by atoms with Gasteiger partial charge in [-0.1, -0.05) is 48.5 Å². The van der Waals surface area contributed by atoms with Crippen LogP contribution in [0.5, 0.6) is 5.75 Å². The molecule has 5 nitrogen and oxygen atoms in total. The molecule has 0 aromatic heterocycles. The monoisotopic (exact) mass is 381 g/mol. The fraction of sp³-hybridized carbons (Fsp3) is 0.435. The van der Waals surface area contributed by atoms with Crippen LogP contribution in [0.2, 0.25) is 0 Å². The van der Waals surface area contributed by atoms with Crippen LogP contribution in [0.25, 0.3) is 0 Å². The Balaban J connectivity index is 1.30. The van der Waals surface area contributed by atoms with Gasteiger partial charge in [0.05, 0.1) is 19.8 Å². The van der Waals surface area contributed by atoms with E-state index in [1.54, 1.807) is 0 Å². The zero-order valence-electron chi connectivity index (χ0n) is 16.7. The molecule has 1 N–H and O–H groups in total. The van der Waals surface area contributed by atoms with Crippen molar-refractivity contribution in [3.63, 3.8) is 0 Å². The van der Waals surface area contributed by atoms with Gasteiger partial charge in [-0.3, -0.25) is 4.99 Å². The summed E-state index contributed by atoms with van der Waals surface area (Å²) in [6.45, 7) is 5.06. The van der Waals surface area contributed by atoms with Gasteiger partial charge < -0.3 is 19.7 Å². The first kappa shape index (κ1) is 20.2. The quantitative estimate of drug-likeness (QED) is 0.410. The molecule has 3 rings (SSSR count). The number of para-hydroxylation sites is 1. The third-order valence-corrected chi connectivity index (χ3v) is 4.88. The second-order valence-electron chi connectivity index (χ2n) is 7.09. The summed E-state index contributed by atoms with van der Waals surface area (Å²) in [6.07, 6.45) is 2.08. The minimum atomic E-state index is 0.559. The van der Waals surface area contributed by atoms with Crippen LogP contribution in [0.4, 0.5) is 0 Å². The van der Waals surface area contributed by atoms with Crippen molar-refractivity contribution in [2.45, 2.75) is 19.4 Å². The Kier molecular flexibility index (Phi) is 8.19. The van der Waals surface area contributed by atoms with Gasteiger partial charge in [0.2, 0.25) is 0 Å². The fourth-order valence-electron chi connectivity index (χ4n) is 3.39. The second kappa shape index (κ2) is 11.3. The van der Waals surface area contributed by atoms with E-state index in [1.165, 1.54) is 5.56 Å². The topological polar surface area (TPSA) is 46.1 Å². The number of hydrogen-bond donors (Lipinski definition) is 1. The maximum absolute atomic E-state index is 5.92. The molecule has 0 radical (unpaired) electrons. The van der Waals surface area contributed by atoms with E-state index >= 15 is 0 Å². The Morgan fingerprint density at radius 2 is 1.86 bits per heavy atom. The maximum atomic E-state index is 5.92. The zero-order chi connectivity index (χ0) is 19.4. The van der Waals surface area contributed by atoms with Gasteiger partial charge in [-0.25, -0.2) is 0 Å². The number of likely N-dealkylation sites (tertiary alicyclic amines) is 1. The van der Waals surface area contributed by atoms with Gasteiger partial charge in [-0.15, -0.1) is 0 Å². The van der Waals surface area contributed by atoms with Crippen LogP contribution in [0.1, 0.15) is 18.4 Å². The van der Waals surface area contributed by atoms with E-state index in [1.807, 2.05) is 43.4 Å². The van der Waals surface area contributed by atoms with E-state index in [4.69, 9.17) is 9.47 Å². The third kappa shape index (κ3) is 6.57. The molecule has 1 atom stereocenters. The third-order valence-electron chi connectivity index (χ3n) is 4.88. The lowest BCUT2D eigenvalue weighted by Gasteiger charge is -2.21. The van der Waals surface area contributed by atoms with Crippen LogP contribution < -0.4 is 10.1 Å². The molecule has 0 amide bonds. The molecular formula is C23H31N3O2. The summed E-state index contributed by atoms with van der Waals surface area (Å²) in [7, 11) is 1.85. The maximum Gasteiger partial charge on any atom is 0.193 e. The average molecular weight is 382 g/mol. The molecule has 1 heterocycles. The molecule has 1 aliphatic rings. The number of rotatable bonds is 9. The number of ether oxygens (including phenoxy) is 2. The predicted molar refractivity (Wildman–Crippen MR) is 114 cm³/mol. The van der Waals surface area contributed by atoms with E-state index < -0.39 is 0 Å². The Morgan fingerprint density at radius 1 is 1.11 bits per heavy atom. The Hall–Kier alpha value is -2.53. The molecule has 0 spiro atoms. The molecule has 1 saturated heterocycles.